The van der Waals surface area contributed by atoms with Gasteiger partial charge in [0.05, 0.1) is 4.47 Å². The van der Waals surface area contributed by atoms with Gasteiger partial charge in [0.25, 0.3) is 0 Å². The number of pyridine rings is 1. The lowest BCUT2D eigenvalue weighted by Crippen LogP contribution is -2.19. The first-order valence-corrected chi connectivity index (χ1v) is 7.71. The van der Waals surface area contributed by atoms with Crippen LogP contribution < -0.4 is 10.1 Å². The summed E-state index contributed by atoms with van der Waals surface area (Å²) in [6.07, 6.45) is 2.86. The zero-order chi connectivity index (χ0) is 15.2. The van der Waals surface area contributed by atoms with E-state index in [1.54, 1.807) is 18.3 Å². The molecule has 21 heavy (non-hydrogen) atoms. The van der Waals surface area contributed by atoms with Crippen LogP contribution in [0.4, 0.5) is 4.39 Å². The van der Waals surface area contributed by atoms with Crippen LogP contribution in [-0.2, 0) is 0 Å². The molecule has 1 aromatic heterocycles. The van der Waals surface area contributed by atoms with Gasteiger partial charge in [-0.05, 0) is 53.5 Å². The molecule has 0 bridgehead atoms. The zero-order valence-corrected chi connectivity index (χ0v) is 13.7. The van der Waals surface area contributed by atoms with Crippen molar-refractivity contribution in [1.29, 1.82) is 0 Å². The molecule has 0 fully saturated rings. The Labute approximate surface area is 132 Å². The molecule has 1 N–H and O–H groups in total. The number of nitrogens with one attached hydrogen (secondary N) is 1. The average Bonchev–Trinajstić information content (AvgIpc) is 2.49. The summed E-state index contributed by atoms with van der Waals surface area (Å²) in [5.41, 5.74) is 1.09. The molecule has 0 aliphatic rings. The Morgan fingerprint density at radius 2 is 2.14 bits per heavy atom. The number of rotatable bonds is 6. The van der Waals surface area contributed by atoms with Crippen LogP contribution in [0.1, 0.15) is 31.9 Å². The molecule has 0 radical (unpaired) electrons. The van der Waals surface area contributed by atoms with E-state index in [4.69, 9.17) is 4.74 Å². The van der Waals surface area contributed by atoms with Crippen molar-refractivity contribution >= 4 is 15.9 Å². The minimum Gasteiger partial charge on any atom is -0.438 e. The summed E-state index contributed by atoms with van der Waals surface area (Å²) in [6.45, 7) is 5.19. The quantitative estimate of drug-likeness (QED) is 0.807. The molecule has 2 aromatic rings. The van der Waals surface area contributed by atoms with Gasteiger partial charge in [-0.15, -0.1) is 0 Å². The van der Waals surface area contributed by atoms with E-state index in [0.717, 1.165) is 18.5 Å². The van der Waals surface area contributed by atoms with Crippen molar-refractivity contribution in [1.82, 2.24) is 10.3 Å². The molecule has 0 saturated carbocycles. The number of aromatic nitrogens is 1. The third kappa shape index (κ3) is 4.51. The van der Waals surface area contributed by atoms with Gasteiger partial charge >= 0.3 is 0 Å². The van der Waals surface area contributed by atoms with Gasteiger partial charge in [0.2, 0.25) is 5.88 Å². The Kier molecular flexibility index (Phi) is 5.70. The molecule has 0 amide bonds. The minimum atomic E-state index is -0.345. The second-order valence-electron chi connectivity index (χ2n) is 4.78. The van der Waals surface area contributed by atoms with Gasteiger partial charge in [0, 0.05) is 24.4 Å². The standard InChI is InChI=1S/C16H18BrFN2O/c1-3-8-19-11(2)12-4-7-16(20-10-12)21-15-9-13(18)5-6-14(15)17/h4-7,9-11,19H,3,8H2,1-2H3. The minimum absolute atomic E-state index is 0.243. The predicted molar refractivity (Wildman–Crippen MR) is 85.1 cm³/mol. The summed E-state index contributed by atoms with van der Waals surface area (Å²) in [4.78, 5) is 4.27. The van der Waals surface area contributed by atoms with Crippen molar-refractivity contribution in [2.24, 2.45) is 0 Å². The second-order valence-corrected chi connectivity index (χ2v) is 5.64. The van der Waals surface area contributed by atoms with E-state index in [1.807, 2.05) is 6.07 Å². The summed E-state index contributed by atoms with van der Waals surface area (Å²) < 4.78 is 19.5. The maximum atomic E-state index is 13.2. The van der Waals surface area contributed by atoms with Gasteiger partial charge in [0.15, 0.2) is 0 Å². The molecule has 0 saturated heterocycles. The van der Waals surface area contributed by atoms with Gasteiger partial charge in [-0.1, -0.05) is 13.0 Å². The lowest BCUT2D eigenvalue weighted by Gasteiger charge is -2.13. The fourth-order valence-corrected chi connectivity index (χ4v) is 2.18. The van der Waals surface area contributed by atoms with Crippen molar-refractivity contribution < 1.29 is 9.13 Å². The number of ether oxygens (including phenoxy) is 1. The third-order valence-corrected chi connectivity index (χ3v) is 3.72. The highest BCUT2D eigenvalue weighted by atomic mass is 79.9. The molecular weight excluding hydrogens is 335 g/mol. The molecule has 1 heterocycles. The summed E-state index contributed by atoms with van der Waals surface area (Å²) in [7, 11) is 0. The van der Waals surface area contributed by atoms with E-state index in [1.165, 1.54) is 12.1 Å². The number of hydrogen-bond donors (Lipinski definition) is 1. The van der Waals surface area contributed by atoms with E-state index in [0.29, 0.717) is 16.1 Å². The van der Waals surface area contributed by atoms with Crippen molar-refractivity contribution in [3.8, 4) is 11.6 Å². The van der Waals surface area contributed by atoms with Gasteiger partial charge in [-0.3, -0.25) is 0 Å². The molecule has 1 aromatic carbocycles. The van der Waals surface area contributed by atoms with Crippen LogP contribution in [0.5, 0.6) is 11.6 Å². The first-order chi connectivity index (χ1) is 10.1. The van der Waals surface area contributed by atoms with Crippen LogP contribution in [0, 0.1) is 5.82 Å². The predicted octanol–water partition coefficient (Wildman–Crippen LogP) is 4.84. The Morgan fingerprint density at radius 1 is 1.33 bits per heavy atom. The first kappa shape index (κ1) is 15.9. The highest BCUT2D eigenvalue weighted by molar-refractivity contribution is 9.10. The highest BCUT2D eigenvalue weighted by Crippen LogP contribution is 2.29. The topological polar surface area (TPSA) is 34.1 Å². The smallest absolute Gasteiger partial charge is 0.219 e. The van der Waals surface area contributed by atoms with Gasteiger partial charge in [-0.2, -0.15) is 0 Å². The lowest BCUT2D eigenvalue weighted by atomic mass is 10.1. The van der Waals surface area contributed by atoms with E-state index in [2.05, 4.69) is 40.1 Å². The molecule has 1 atom stereocenters. The van der Waals surface area contributed by atoms with E-state index in [-0.39, 0.29) is 11.9 Å². The van der Waals surface area contributed by atoms with Crippen molar-refractivity contribution in [3.63, 3.8) is 0 Å². The molecule has 0 aliphatic heterocycles. The van der Waals surface area contributed by atoms with Crippen molar-refractivity contribution in [3.05, 3.63) is 52.4 Å². The maximum absolute atomic E-state index is 13.2. The first-order valence-electron chi connectivity index (χ1n) is 6.92. The molecule has 0 spiro atoms. The monoisotopic (exact) mass is 352 g/mol. The van der Waals surface area contributed by atoms with Crippen LogP contribution >= 0.6 is 15.9 Å². The fraction of sp³-hybridized carbons (Fsp3) is 0.312. The van der Waals surface area contributed by atoms with Crippen LogP contribution in [0.25, 0.3) is 0 Å². The van der Waals surface area contributed by atoms with Crippen LogP contribution in [0.3, 0.4) is 0 Å². The zero-order valence-electron chi connectivity index (χ0n) is 12.1. The van der Waals surface area contributed by atoms with E-state index >= 15 is 0 Å². The molecule has 1 unspecified atom stereocenters. The summed E-state index contributed by atoms with van der Waals surface area (Å²) >= 11 is 3.32. The number of nitrogens with zero attached hydrogens (tertiary/aromatic N) is 1. The number of benzene rings is 1. The number of hydrogen-bond acceptors (Lipinski definition) is 3. The molecule has 3 nitrogen and oxygen atoms in total. The molecule has 2 rings (SSSR count). The maximum Gasteiger partial charge on any atom is 0.219 e. The molecule has 5 heteroatoms. The van der Waals surface area contributed by atoms with Gasteiger partial charge in [0.1, 0.15) is 11.6 Å². The van der Waals surface area contributed by atoms with Crippen LogP contribution in [0.15, 0.2) is 41.0 Å². The normalized spacial score (nSPS) is 12.2. The van der Waals surface area contributed by atoms with Crippen LogP contribution in [0.2, 0.25) is 0 Å². The number of halogens is 2. The van der Waals surface area contributed by atoms with Gasteiger partial charge in [-0.25, -0.2) is 9.37 Å². The van der Waals surface area contributed by atoms with Crippen molar-refractivity contribution in [2.45, 2.75) is 26.3 Å². The Balaban J connectivity index is 2.07. The molecular formula is C16H18BrFN2O. The average molecular weight is 353 g/mol. The highest BCUT2D eigenvalue weighted by Gasteiger charge is 2.08. The summed E-state index contributed by atoms with van der Waals surface area (Å²) in [6, 6.07) is 8.29. The summed E-state index contributed by atoms with van der Waals surface area (Å²) in [5, 5.41) is 3.40. The Hall–Kier alpha value is -1.46. The third-order valence-electron chi connectivity index (χ3n) is 3.07. The van der Waals surface area contributed by atoms with E-state index in [9.17, 15) is 4.39 Å². The lowest BCUT2D eigenvalue weighted by molar-refractivity contribution is 0.454. The summed E-state index contributed by atoms with van der Waals surface area (Å²) in [5.74, 6) is 0.502. The van der Waals surface area contributed by atoms with E-state index < -0.39 is 0 Å². The molecule has 112 valence electrons. The largest absolute Gasteiger partial charge is 0.438 e. The van der Waals surface area contributed by atoms with Crippen molar-refractivity contribution in [2.75, 3.05) is 6.54 Å². The SMILES string of the molecule is CCCNC(C)c1ccc(Oc2cc(F)ccc2Br)nc1. The van der Waals surface area contributed by atoms with Crippen LogP contribution in [-0.4, -0.2) is 11.5 Å². The van der Waals surface area contributed by atoms with Gasteiger partial charge < -0.3 is 10.1 Å². The Morgan fingerprint density at radius 3 is 2.81 bits per heavy atom. The second kappa shape index (κ2) is 7.52. The molecule has 0 aliphatic carbocycles. The Bertz CT molecular complexity index is 589. The fourth-order valence-electron chi connectivity index (χ4n) is 1.86.